The van der Waals surface area contributed by atoms with Crippen LogP contribution in [0.1, 0.15) is 25.7 Å². The molecule has 3 N–H and O–H groups in total. The highest BCUT2D eigenvalue weighted by molar-refractivity contribution is 5.82. The summed E-state index contributed by atoms with van der Waals surface area (Å²) < 4.78 is 25.4. The van der Waals surface area contributed by atoms with Gasteiger partial charge in [0.25, 0.3) is 0 Å². The minimum absolute atomic E-state index is 0.0775. The Kier molecular flexibility index (Phi) is 2.56. The van der Waals surface area contributed by atoms with Gasteiger partial charge in [-0.3, -0.25) is 4.79 Å². The number of hydrogen-bond donors (Lipinski definition) is 2. The Morgan fingerprint density at radius 2 is 1.77 bits per heavy atom. The molecule has 13 heavy (non-hydrogen) atoms. The van der Waals surface area contributed by atoms with Crippen LogP contribution in [0.3, 0.4) is 0 Å². The van der Waals surface area contributed by atoms with Gasteiger partial charge in [-0.25, -0.2) is 8.78 Å². The molecule has 1 amide bonds. The molecule has 0 heterocycles. The summed E-state index contributed by atoms with van der Waals surface area (Å²) in [4.78, 5) is 10.9. The Morgan fingerprint density at radius 1 is 1.31 bits per heavy atom. The van der Waals surface area contributed by atoms with Gasteiger partial charge in [0.15, 0.2) is 0 Å². The zero-order chi connectivity index (χ0) is 10.1. The number of primary amides is 1. The Morgan fingerprint density at radius 3 is 2.08 bits per heavy atom. The predicted molar refractivity (Wildman–Crippen MR) is 41.3 cm³/mol. The van der Waals surface area contributed by atoms with E-state index in [1.807, 2.05) is 0 Å². The van der Waals surface area contributed by atoms with Crippen molar-refractivity contribution in [1.29, 1.82) is 0 Å². The standard InChI is InChI=1S/C8H12F2NO2/c9-8(10)3-1-7(5-12,2-4-8)6(11)13/h5,12H,1-4H2,(H2,11,13). The lowest BCUT2D eigenvalue weighted by atomic mass is 9.73. The Bertz CT molecular complexity index is 208. The zero-order valence-corrected chi connectivity index (χ0v) is 7.09. The summed E-state index contributed by atoms with van der Waals surface area (Å²) in [6.45, 7) is 0.657. The Hall–Kier alpha value is -0.710. The molecule has 0 aliphatic heterocycles. The fraction of sp³-hybridized carbons (Fsp3) is 0.750. The SMILES string of the molecule is NC(=O)C1([CH]O)CCC(F)(F)CC1. The molecule has 0 aromatic rings. The van der Waals surface area contributed by atoms with Crippen LogP contribution in [0, 0.1) is 12.0 Å². The molecule has 1 fully saturated rings. The summed E-state index contributed by atoms with van der Waals surface area (Å²) in [6.07, 6.45) is -0.947. The van der Waals surface area contributed by atoms with Gasteiger partial charge in [-0.2, -0.15) is 0 Å². The monoisotopic (exact) mass is 192 g/mol. The molecule has 75 valence electrons. The largest absolute Gasteiger partial charge is 0.389 e. The lowest BCUT2D eigenvalue weighted by molar-refractivity contribution is -0.135. The van der Waals surface area contributed by atoms with Crippen molar-refractivity contribution < 1.29 is 18.7 Å². The number of nitrogens with two attached hydrogens (primary N) is 1. The van der Waals surface area contributed by atoms with Crippen LogP contribution < -0.4 is 5.73 Å². The molecule has 1 aliphatic rings. The van der Waals surface area contributed by atoms with E-state index in [1.165, 1.54) is 0 Å². The summed E-state index contributed by atoms with van der Waals surface area (Å²) in [5.74, 6) is -3.45. The first-order chi connectivity index (χ1) is 5.92. The van der Waals surface area contributed by atoms with Gasteiger partial charge in [-0.05, 0) is 12.8 Å². The van der Waals surface area contributed by atoms with E-state index in [0.29, 0.717) is 6.61 Å². The predicted octanol–water partition coefficient (Wildman–Crippen LogP) is 1.20. The van der Waals surface area contributed by atoms with Gasteiger partial charge in [0.05, 0.1) is 12.0 Å². The Balaban J connectivity index is 2.69. The van der Waals surface area contributed by atoms with Crippen molar-refractivity contribution in [2.75, 3.05) is 0 Å². The number of aliphatic hydroxyl groups is 1. The maximum Gasteiger partial charge on any atom is 0.248 e. The van der Waals surface area contributed by atoms with Gasteiger partial charge in [-0.15, -0.1) is 0 Å². The van der Waals surface area contributed by atoms with E-state index < -0.39 is 30.1 Å². The van der Waals surface area contributed by atoms with E-state index in [1.54, 1.807) is 0 Å². The van der Waals surface area contributed by atoms with Crippen molar-refractivity contribution in [2.24, 2.45) is 11.1 Å². The van der Waals surface area contributed by atoms with Crippen molar-refractivity contribution in [2.45, 2.75) is 31.6 Å². The molecule has 1 rings (SSSR count). The first kappa shape index (κ1) is 10.4. The second-order valence-electron chi connectivity index (χ2n) is 3.51. The molecule has 0 unspecified atom stereocenters. The van der Waals surface area contributed by atoms with Gasteiger partial charge >= 0.3 is 0 Å². The van der Waals surface area contributed by atoms with Crippen LogP contribution in [0.25, 0.3) is 0 Å². The summed E-state index contributed by atoms with van der Waals surface area (Å²) >= 11 is 0. The van der Waals surface area contributed by atoms with E-state index in [2.05, 4.69) is 0 Å². The average molecular weight is 192 g/mol. The molecular weight excluding hydrogens is 180 g/mol. The Labute approximate surface area is 74.9 Å². The van der Waals surface area contributed by atoms with E-state index in [9.17, 15) is 13.6 Å². The third kappa shape index (κ3) is 1.96. The highest BCUT2D eigenvalue weighted by atomic mass is 19.3. The van der Waals surface area contributed by atoms with Crippen LogP contribution >= 0.6 is 0 Å². The number of rotatable bonds is 2. The molecule has 0 bridgehead atoms. The zero-order valence-electron chi connectivity index (χ0n) is 7.09. The third-order valence-electron chi connectivity index (χ3n) is 2.61. The van der Waals surface area contributed by atoms with Crippen LogP contribution in [-0.4, -0.2) is 16.9 Å². The second kappa shape index (κ2) is 3.21. The number of alkyl halides is 2. The number of halogens is 2. The van der Waals surface area contributed by atoms with Crippen molar-refractivity contribution in [1.82, 2.24) is 0 Å². The number of carbonyl (C=O) groups is 1. The quantitative estimate of drug-likeness (QED) is 0.690. The minimum Gasteiger partial charge on any atom is -0.389 e. The molecule has 0 spiro atoms. The number of amides is 1. The molecule has 1 saturated carbocycles. The minimum atomic E-state index is -2.72. The average Bonchev–Trinajstić information content (AvgIpc) is 2.05. The number of aliphatic hydroxyl groups excluding tert-OH is 1. The molecule has 0 atom stereocenters. The van der Waals surface area contributed by atoms with Gasteiger partial charge in [0, 0.05) is 12.8 Å². The van der Waals surface area contributed by atoms with Crippen molar-refractivity contribution >= 4 is 5.91 Å². The summed E-state index contributed by atoms with van der Waals surface area (Å²) in [5.41, 5.74) is 3.79. The first-order valence-electron chi connectivity index (χ1n) is 4.08. The maximum absolute atomic E-state index is 12.7. The third-order valence-corrected chi connectivity index (χ3v) is 2.61. The van der Waals surface area contributed by atoms with Crippen LogP contribution in [-0.2, 0) is 4.79 Å². The summed E-state index contributed by atoms with van der Waals surface area (Å²) in [6, 6.07) is 0. The van der Waals surface area contributed by atoms with Crippen LogP contribution in [0.4, 0.5) is 8.78 Å². The molecule has 1 radical (unpaired) electrons. The molecule has 3 nitrogen and oxygen atoms in total. The fourth-order valence-corrected chi connectivity index (χ4v) is 1.50. The van der Waals surface area contributed by atoms with Crippen molar-refractivity contribution in [3.05, 3.63) is 6.61 Å². The highest BCUT2D eigenvalue weighted by Gasteiger charge is 2.46. The topological polar surface area (TPSA) is 63.3 Å². The number of carbonyl (C=O) groups excluding carboxylic acids is 1. The van der Waals surface area contributed by atoms with Gasteiger partial charge in [0.2, 0.25) is 11.8 Å². The molecule has 0 saturated heterocycles. The molecule has 1 aliphatic carbocycles. The summed E-state index contributed by atoms with van der Waals surface area (Å²) in [5, 5.41) is 8.81. The first-order valence-corrected chi connectivity index (χ1v) is 4.08. The van der Waals surface area contributed by atoms with Crippen LogP contribution in [0.5, 0.6) is 0 Å². The molecule has 0 aromatic carbocycles. The lowest BCUT2D eigenvalue weighted by Gasteiger charge is -2.35. The maximum atomic E-state index is 12.7. The van der Waals surface area contributed by atoms with Gasteiger partial charge < -0.3 is 10.8 Å². The van der Waals surface area contributed by atoms with Crippen molar-refractivity contribution in [3.63, 3.8) is 0 Å². The molecular formula is C8H12F2NO2. The van der Waals surface area contributed by atoms with Gasteiger partial charge in [0.1, 0.15) is 0 Å². The van der Waals surface area contributed by atoms with Crippen LogP contribution in [0.15, 0.2) is 0 Å². The normalized spacial score (nSPS) is 25.5. The van der Waals surface area contributed by atoms with E-state index in [0.717, 1.165) is 0 Å². The fourth-order valence-electron chi connectivity index (χ4n) is 1.50. The molecule has 5 heteroatoms. The lowest BCUT2D eigenvalue weighted by Crippen LogP contribution is -2.43. The second-order valence-corrected chi connectivity index (χ2v) is 3.51. The molecule has 0 aromatic heterocycles. The van der Waals surface area contributed by atoms with Crippen LogP contribution in [0.2, 0.25) is 0 Å². The highest BCUT2D eigenvalue weighted by Crippen LogP contribution is 2.44. The van der Waals surface area contributed by atoms with Crippen molar-refractivity contribution in [3.8, 4) is 0 Å². The van der Waals surface area contributed by atoms with E-state index in [-0.39, 0.29) is 12.8 Å². The van der Waals surface area contributed by atoms with E-state index in [4.69, 9.17) is 10.8 Å². The smallest absolute Gasteiger partial charge is 0.248 e. The summed E-state index contributed by atoms with van der Waals surface area (Å²) in [7, 11) is 0. The van der Waals surface area contributed by atoms with Gasteiger partial charge in [-0.1, -0.05) is 0 Å². The van der Waals surface area contributed by atoms with E-state index >= 15 is 0 Å². The number of hydrogen-bond acceptors (Lipinski definition) is 2.